The third-order valence-electron chi connectivity index (χ3n) is 4.30. The van der Waals surface area contributed by atoms with Crippen molar-refractivity contribution >= 4 is 11.6 Å². The molecule has 0 unspecified atom stereocenters. The van der Waals surface area contributed by atoms with Crippen LogP contribution in [0.5, 0.6) is 0 Å². The second-order valence-electron chi connectivity index (χ2n) is 6.85. The van der Waals surface area contributed by atoms with Crippen molar-refractivity contribution in [3.05, 3.63) is 26.4 Å². The largest absolute Gasteiger partial charge is 0.384 e. The molecule has 22 heavy (non-hydrogen) atoms. The molecule has 7 heteroatoms. The van der Waals surface area contributed by atoms with Gasteiger partial charge in [0, 0.05) is 20.1 Å². The van der Waals surface area contributed by atoms with E-state index < -0.39 is 11.2 Å². The number of carbonyl (C=O) groups is 1. The maximum atomic E-state index is 12.5. The van der Waals surface area contributed by atoms with Gasteiger partial charge in [0.15, 0.2) is 5.78 Å². The lowest BCUT2D eigenvalue weighted by Crippen LogP contribution is -2.45. The zero-order valence-corrected chi connectivity index (χ0v) is 14.4. The summed E-state index contributed by atoms with van der Waals surface area (Å²) < 4.78 is 2.01. The summed E-state index contributed by atoms with van der Waals surface area (Å²) in [6.45, 7) is 8.33. The fourth-order valence-corrected chi connectivity index (χ4v) is 2.23. The number of rotatable bonds is 4. The molecule has 1 rings (SSSR count). The number of carbonyl (C=O) groups excluding carboxylic acids is 1. The number of likely N-dealkylation sites (N-methyl/N-ethyl adjacent to an activating group) is 1. The molecule has 0 radical (unpaired) electrons. The number of hydrogen-bond donors (Lipinski definition) is 1. The third kappa shape index (κ3) is 3.30. The van der Waals surface area contributed by atoms with E-state index in [2.05, 4.69) is 20.8 Å². The Bertz CT molecular complexity index is 694. The summed E-state index contributed by atoms with van der Waals surface area (Å²) in [6.07, 6.45) is 0. The molecule has 1 aromatic heterocycles. The molecule has 0 aliphatic heterocycles. The number of anilines is 1. The van der Waals surface area contributed by atoms with Crippen molar-refractivity contribution in [3.63, 3.8) is 0 Å². The summed E-state index contributed by atoms with van der Waals surface area (Å²) in [5, 5.41) is 0. The number of aromatic nitrogens is 2. The zero-order chi connectivity index (χ0) is 17.4. The van der Waals surface area contributed by atoms with Gasteiger partial charge in [-0.15, -0.1) is 0 Å². The van der Waals surface area contributed by atoms with Gasteiger partial charge in [0.05, 0.1) is 6.54 Å². The van der Waals surface area contributed by atoms with Crippen molar-refractivity contribution in [3.8, 4) is 0 Å². The van der Waals surface area contributed by atoms with E-state index in [1.165, 1.54) is 14.1 Å². The highest BCUT2D eigenvalue weighted by atomic mass is 16.2. The Morgan fingerprint density at radius 3 is 2.18 bits per heavy atom. The SMILES string of the molecule is C[C@H](N(C)CC(=O)c1c(N)n(C)c(=O)n(C)c1=O)C(C)(C)C. The van der Waals surface area contributed by atoms with Crippen LogP contribution in [0.1, 0.15) is 38.1 Å². The van der Waals surface area contributed by atoms with Crippen LogP contribution < -0.4 is 17.0 Å². The van der Waals surface area contributed by atoms with Crippen LogP contribution in [0.3, 0.4) is 0 Å². The number of nitrogens with two attached hydrogens (primary N) is 1. The second kappa shape index (κ2) is 6.08. The molecule has 0 bridgehead atoms. The van der Waals surface area contributed by atoms with E-state index in [1.807, 2.05) is 18.9 Å². The fourth-order valence-electron chi connectivity index (χ4n) is 2.23. The van der Waals surface area contributed by atoms with Gasteiger partial charge in [0.2, 0.25) is 0 Å². The van der Waals surface area contributed by atoms with Gasteiger partial charge in [0.25, 0.3) is 5.56 Å². The minimum atomic E-state index is -0.651. The van der Waals surface area contributed by atoms with Crippen molar-refractivity contribution < 1.29 is 4.79 Å². The van der Waals surface area contributed by atoms with E-state index in [-0.39, 0.29) is 35.2 Å². The summed E-state index contributed by atoms with van der Waals surface area (Å²) in [7, 11) is 4.61. The summed E-state index contributed by atoms with van der Waals surface area (Å²) >= 11 is 0. The first-order valence-electron chi connectivity index (χ1n) is 7.18. The van der Waals surface area contributed by atoms with E-state index in [0.29, 0.717) is 0 Å². The molecule has 0 aliphatic carbocycles. The van der Waals surface area contributed by atoms with Crippen LogP contribution in [0.15, 0.2) is 9.59 Å². The average molecular weight is 310 g/mol. The number of hydrogen-bond acceptors (Lipinski definition) is 5. The molecule has 7 nitrogen and oxygen atoms in total. The number of ketones is 1. The van der Waals surface area contributed by atoms with Gasteiger partial charge in [-0.2, -0.15) is 0 Å². The van der Waals surface area contributed by atoms with Gasteiger partial charge in [0.1, 0.15) is 11.4 Å². The van der Waals surface area contributed by atoms with Gasteiger partial charge in [-0.25, -0.2) is 4.79 Å². The van der Waals surface area contributed by atoms with Crippen molar-refractivity contribution in [2.45, 2.75) is 33.7 Å². The lowest BCUT2D eigenvalue weighted by molar-refractivity contribution is 0.0851. The molecule has 0 amide bonds. The van der Waals surface area contributed by atoms with Crippen LogP contribution in [0.4, 0.5) is 5.82 Å². The van der Waals surface area contributed by atoms with Crippen LogP contribution in [-0.2, 0) is 14.1 Å². The molecule has 0 fully saturated rings. The van der Waals surface area contributed by atoms with Crippen molar-refractivity contribution in [1.82, 2.24) is 14.0 Å². The van der Waals surface area contributed by atoms with E-state index in [4.69, 9.17) is 5.73 Å². The minimum Gasteiger partial charge on any atom is -0.384 e. The van der Waals surface area contributed by atoms with Crippen LogP contribution in [0.2, 0.25) is 0 Å². The second-order valence-corrected chi connectivity index (χ2v) is 6.85. The highest BCUT2D eigenvalue weighted by molar-refractivity contribution is 6.01. The highest BCUT2D eigenvalue weighted by Crippen LogP contribution is 2.23. The van der Waals surface area contributed by atoms with Gasteiger partial charge in [-0.3, -0.25) is 23.6 Å². The van der Waals surface area contributed by atoms with Crippen LogP contribution in [-0.4, -0.2) is 39.5 Å². The molecule has 1 atom stereocenters. The Balaban J connectivity index is 3.21. The Kier molecular flexibility index (Phi) is 5.02. The molecule has 0 spiro atoms. The molecule has 0 saturated heterocycles. The van der Waals surface area contributed by atoms with E-state index in [9.17, 15) is 14.4 Å². The topological polar surface area (TPSA) is 90.3 Å². The van der Waals surface area contributed by atoms with Gasteiger partial charge < -0.3 is 5.73 Å². The molecule has 0 saturated carbocycles. The molecular formula is C15H26N4O3. The molecule has 124 valence electrons. The number of nitrogens with zero attached hydrogens (tertiary/aromatic N) is 3. The molecule has 2 N–H and O–H groups in total. The first-order chi connectivity index (χ1) is 9.89. The highest BCUT2D eigenvalue weighted by Gasteiger charge is 2.27. The van der Waals surface area contributed by atoms with Crippen LogP contribution in [0.25, 0.3) is 0 Å². The fraction of sp³-hybridized carbons (Fsp3) is 0.667. The molecule has 0 aromatic carbocycles. The maximum absolute atomic E-state index is 12.5. The molecule has 0 aliphatic rings. The first-order valence-corrected chi connectivity index (χ1v) is 7.18. The van der Waals surface area contributed by atoms with Gasteiger partial charge in [-0.05, 0) is 19.4 Å². The smallest absolute Gasteiger partial charge is 0.332 e. The summed E-state index contributed by atoms with van der Waals surface area (Å²) in [4.78, 5) is 38.3. The number of Topliss-reactive ketones (excluding diaryl/α,β-unsaturated/α-hetero) is 1. The molecule has 1 aromatic rings. The normalized spacial score (nSPS) is 13.5. The lowest BCUT2D eigenvalue weighted by Gasteiger charge is -2.35. The Morgan fingerprint density at radius 2 is 1.73 bits per heavy atom. The van der Waals surface area contributed by atoms with Crippen molar-refractivity contribution in [2.24, 2.45) is 19.5 Å². The Hall–Kier alpha value is -1.89. The summed E-state index contributed by atoms with van der Waals surface area (Å²) in [5.74, 6) is -0.470. The van der Waals surface area contributed by atoms with Crippen LogP contribution in [0, 0.1) is 5.41 Å². The van der Waals surface area contributed by atoms with E-state index in [1.54, 1.807) is 0 Å². The lowest BCUT2D eigenvalue weighted by atomic mass is 9.87. The monoisotopic (exact) mass is 310 g/mol. The van der Waals surface area contributed by atoms with Gasteiger partial charge >= 0.3 is 5.69 Å². The number of nitrogen functional groups attached to an aromatic ring is 1. The Labute approximate surface area is 130 Å². The summed E-state index contributed by atoms with van der Waals surface area (Å²) in [5.41, 5.74) is 4.47. The average Bonchev–Trinajstić information content (AvgIpc) is 2.41. The minimum absolute atomic E-state index is 0.00488. The van der Waals surface area contributed by atoms with E-state index in [0.717, 1.165) is 9.13 Å². The van der Waals surface area contributed by atoms with Crippen molar-refractivity contribution in [1.29, 1.82) is 0 Å². The van der Waals surface area contributed by atoms with Crippen molar-refractivity contribution in [2.75, 3.05) is 19.3 Å². The third-order valence-corrected chi connectivity index (χ3v) is 4.30. The molecule has 1 heterocycles. The predicted octanol–water partition coefficient (Wildman–Crippen LogP) is 0.215. The maximum Gasteiger partial charge on any atom is 0.332 e. The molecular weight excluding hydrogens is 284 g/mol. The van der Waals surface area contributed by atoms with E-state index >= 15 is 0 Å². The standard InChI is InChI=1S/C15H26N4O3/c1-9(15(2,3)4)17(5)8-10(20)11-12(16)18(6)14(22)19(7)13(11)21/h9H,8,16H2,1-7H3/t9-/m0/s1. The van der Waals surface area contributed by atoms with Gasteiger partial charge in [-0.1, -0.05) is 20.8 Å². The quantitative estimate of drug-likeness (QED) is 0.803. The zero-order valence-electron chi connectivity index (χ0n) is 14.4. The van der Waals surface area contributed by atoms with Crippen LogP contribution >= 0.6 is 0 Å². The Morgan fingerprint density at radius 1 is 1.23 bits per heavy atom. The first kappa shape index (κ1) is 18.2. The predicted molar refractivity (Wildman–Crippen MR) is 87.2 cm³/mol. The summed E-state index contributed by atoms with van der Waals surface area (Å²) in [6, 6.07) is 0.133.